The standard InChI is InChI=1S/C20H21F3N4O2S/c1-13-12-30-19(27(13)11-17-9-14(2)29-24-17)26-8-7-25(18(26)28)10-15-3-5-16(6-4-15)20(21,22)23/h3-6,9,12,19H,7-8,10-11H2,1-2H3. The molecule has 1 atom stereocenters. The molecule has 0 N–H and O–H groups in total. The molecule has 2 amide bonds. The Kier molecular flexibility index (Phi) is 5.44. The molecule has 2 aromatic rings. The first-order valence-electron chi connectivity index (χ1n) is 9.45. The molecule has 2 aliphatic rings. The fourth-order valence-corrected chi connectivity index (χ4v) is 4.74. The molecule has 160 valence electrons. The van der Waals surface area contributed by atoms with Crippen LogP contribution < -0.4 is 0 Å². The lowest BCUT2D eigenvalue weighted by Crippen LogP contribution is -2.45. The number of aromatic nitrogens is 1. The minimum atomic E-state index is -4.37. The zero-order chi connectivity index (χ0) is 21.5. The van der Waals surface area contributed by atoms with Crippen LogP contribution >= 0.6 is 11.8 Å². The molecule has 0 bridgehead atoms. The van der Waals surface area contributed by atoms with Crippen molar-refractivity contribution in [2.24, 2.45) is 0 Å². The highest BCUT2D eigenvalue weighted by Crippen LogP contribution is 2.36. The Morgan fingerprint density at radius 3 is 2.53 bits per heavy atom. The molecule has 0 aliphatic carbocycles. The van der Waals surface area contributed by atoms with E-state index in [2.05, 4.69) is 10.1 Å². The molecule has 2 aliphatic heterocycles. The number of benzene rings is 1. The van der Waals surface area contributed by atoms with Crippen LogP contribution in [0.15, 0.2) is 46.0 Å². The molecule has 4 rings (SSSR count). The topological polar surface area (TPSA) is 52.8 Å². The summed E-state index contributed by atoms with van der Waals surface area (Å²) in [6.07, 6.45) is -4.37. The van der Waals surface area contributed by atoms with E-state index in [-0.39, 0.29) is 18.1 Å². The summed E-state index contributed by atoms with van der Waals surface area (Å²) in [5.41, 5.74) is 1.62. The molecule has 1 aromatic carbocycles. The van der Waals surface area contributed by atoms with Crippen LogP contribution in [0.2, 0.25) is 0 Å². The van der Waals surface area contributed by atoms with Crippen molar-refractivity contribution < 1.29 is 22.5 Å². The first kappa shape index (κ1) is 20.6. The van der Waals surface area contributed by atoms with Crippen molar-refractivity contribution in [3.63, 3.8) is 0 Å². The van der Waals surface area contributed by atoms with Gasteiger partial charge in [0, 0.05) is 31.4 Å². The van der Waals surface area contributed by atoms with E-state index in [0.29, 0.717) is 25.2 Å². The van der Waals surface area contributed by atoms with E-state index in [1.807, 2.05) is 25.3 Å². The van der Waals surface area contributed by atoms with Crippen LogP contribution in [0.4, 0.5) is 18.0 Å². The number of allylic oxidation sites excluding steroid dienone is 1. The monoisotopic (exact) mass is 438 g/mol. The summed E-state index contributed by atoms with van der Waals surface area (Å²) in [7, 11) is 0. The van der Waals surface area contributed by atoms with Crippen molar-refractivity contribution in [1.82, 2.24) is 19.9 Å². The van der Waals surface area contributed by atoms with Gasteiger partial charge in [-0.1, -0.05) is 29.1 Å². The molecule has 0 saturated carbocycles. The van der Waals surface area contributed by atoms with Crippen molar-refractivity contribution in [3.8, 4) is 0 Å². The fraction of sp³-hybridized carbons (Fsp3) is 0.400. The maximum Gasteiger partial charge on any atom is 0.416 e. The van der Waals surface area contributed by atoms with Crippen molar-refractivity contribution in [3.05, 3.63) is 64.0 Å². The second-order valence-corrected chi connectivity index (χ2v) is 8.30. The van der Waals surface area contributed by atoms with Gasteiger partial charge in [-0.3, -0.25) is 4.90 Å². The summed E-state index contributed by atoms with van der Waals surface area (Å²) in [5.74, 6) is 0.731. The quantitative estimate of drug-likeness (QED) is 0.681. The number of hydrogen-bond acceptors (Lipinski definition) is 5. The van der Waals surface area contributed by atoms with Gasteiger partial charge in [-0.25, -0.2) is 4.79 Å². The molecule has 3 heterocycles. The molecule has 0 spiro atoms. The Morgan fingerprint density at radius 2 is 1.90 bits per heavy atom. The number of aryl methyl sites for hydroxylation is 1. The van der Waals surface area contributed by atoms with Gasteiger partial charge in [-0.05, 0) is 37.0 Å². The number of nitrogens with zero attached hydrogens (tertiary/aromatic N) is 4. The van der Waals surface area contributed by atoms with Crippen LogP contribution in [0.3, 0.4) is 0 Å². The molecule has 1 fully saturated rings. The number of thioether (sulfide) groups is 1. The number of urea groups is 1. The number of alkyl halides is 3. The van der Waals surface area contributed by atoms with E-state index in [4.69, 9.17) is 4.52 Å². The lowest BCUT2D eigenvalue weighted by molar-refractivity contribution is -0.137. The van der Waals surface area contributed by atoms with Gasteiger partial charge < -0.3 is 14.3 Å². The Hall–Kier alpha value is -2.62. The van der Waals surface area contributed by atoms with Gasteiger partial charge in [-0.15, -0.1) is 0 Å². The zero-order valence-corrected chi connectivity index (χ0v) is 17.3. The number of amides is 2. The van der Waals surface area contributed by atoms with E-state index < -0.39 is 11.7 Å². The second-order valence-electron chi connectivity index (χ2n) is 7.37. The predicted octanol–water partition coefficient (Wildman–Crippen LogP) is 4.63. The van der Waals surface area contributed by atoms with Gasteiger partial charge in [0.1, 0.15) is 11.5 Å². The normalized spacial score (nSPS) is 19.8. The van der Waals surface area contributed by atoms with E-state index in [1.165, 1.54) is 12.1 Å². The van der Waals surface area contributed by atoms with Crippen LogP contribution in [-0.2, 0) is 19.3 Å². The van der Waals surface area contributed by atoms with Crippen LogP contribution in [-0.4, -0.2) is 44.5 Å². The molecule has 1 saturated heterocycles. The van der Waals surface area contributed by atoms with E-state index in [1.54, 1.807) is 21.6 Å². The Labute approximate surface area is 176 Å². The third-order valence-electron chi connectivity index (χ3n) is 5.14. The molecule has 1 aromatic heterocycles. The third-order valence-corrected chi connectivity index (χ3v) is 6.37. The van der Waals surface area contributed by atoms with Crippen molar-refractivity contribution in [2.45, 2.75) is 38.6 Å². The summed E-state index contributed by atoms with van der Waals surface area (Å²) in [6, 6.07) is 6.69. The molecular formula is C20H21F3N4O2S. The summed E-state index contributed by atoms with van der Waals surface area (Å²) in [5, 5.41) is 6.06. The number of carbonyl (C=O) groups is 1. The van der Waals surface area contributed by atoms with Crippen molar-refractivity contribution >= 4 is 17.8 Å². The molecule has 0 radical (unpaired) electrons. The van der Waals surface area contributed by atoms with Crippen LogP contribution in [0.25, 0.3) is 0 Å². The predicted molar refractivity (Wildman–Crippen MR) is 106 cm³/mol. The highest BCUT2D eigenvalue weighted by molar-refractivity contribution is 8.02. The average Bonchev–Trinajstić information content (AvgIpc) is 3.36. The van der Waals surface area contributed by atoms with Gasteiger partial charge in [0.15, 0.2) is 5.50 Å². The van der Waals surface area contributed by atoms with E-state index in [0.717, 1.165) is 29.3 Å². The van der Waals surface area contributed by atoms with Gasteiger partial charge in [0.2, 0.25) is 0 Å². The number of hydrogen-bond donors (Lipinski definition) is 0. The zero-order valence-electron chi connectivity index (χ0n) is 16.5. The van der Waals surface area contributed by atoms with Crippen LogP contribution in [0.1, 0.15) is 29.5 Å². The summed E-state index contributed by atoms with van der Waals surface area (Å²) < 4.78 is 43.4. The summed E-state index contributed by atoms with van der Waals surface area (Å²) in [6.45, 7) is 5.69. The lowest BCUT2D eigenvalue weighted by Gasteiger charge is -2.33. The molecule has 6 nitrogen and oxygen atoms in total. The second kappa shape index (κ2) is 7.90. The summed E-state index contributed by atoms with van der Waals surface area (Å²) in [4.78, 5) is 18.6. The van der Waals surface area contributed by atoms with Gasteiger partial charge in [0.05, 0.1) is 12.1 Å². The Bertz CT molecular complexity index is 958. The first-order chi connectivity index (χ1) is 14.2. The largest absolute Gasteiger partial charge is 0.416 e. The minimum absolute atomic E-state index is 0.128. The van der Waals surface area contributed by atoms with Crippen LogP contribution in [0, 0.1) is 6.92 Å². The van der Waals surface area contributed by atoms with Gasteiger partial charge >= 0.3 is 12.2 Å². The van der Waals surface area contributed by atoms with Gasteiger partial charge in [-0.2, -0.15) is 13.2 Å². The SMILES string of the molecule is CC1=CSC(N2CCN(Cc3ccc(C(F)(F)F)cc3)C2=O)N1Cc1cc(C)on1. The maximum absolute atomic E-state index is 13.0. The average molecular weight is 438 g/mol. The number of rotatable bonds is 5. The molecular weight excluding hydrogens is 417 g/mol. The van der Waals surface area contributed by atoms with Crippen molar-refractivity contribution in [2.75, 3.05) is 13.1 Å². The smallest absolute Gasteiger partial charge is 0.361 e. The lowest BCUT2D eigenvalue weighted by atomic mass is 10.1. The van der Waals surface area contributed by atoms with Crippen LogP contribution in [0.5, 0.6) is 0 Å². The fourth-order valence-electron chi connectivity index (χ4n) is 3.56. The highest BCUT2D eigenvalue weighted by Gasteiger charge is 2.39. The Balaban J connectivity index is 1.42. The van der Waals surface area contributed by atoms with Crippen molar-refractivity contribution in [1.29, 1.82) is 0 Å². The molecule has 1 unspecified atom stereocenters. The number of carbonyl (C=O) groups excluding carboxylic acids is 1. The maximum atomic E-state index is 13.0. The Morgan fingerprint density at radius 1 is 1.17 bits per heavy atom. The molecule has 10 heteroatoms. The first-order valence-corrected chi connectivity index (χ1v) is 10.4. The van der Waals surface area contributed by atoms with E-state index in [9.17, 15) is 18.0 Å². The summed E-state index contributed by atoms with van der Waals surface area (Å²) >= 11 is 1.56. The third kappa shape index (κ3) is 4.14. The van der Waals surface area contributed by atoms with E-state index >= 15 is 0 Å². The minimum Gasteiger partial charge on any atom is -0.361 e. The molecule has 30 heavy (non-hydrogen) atoms. The van der Waals surface area contributed by atoms with Gasteiger partial charge in [0.25, 0.3) is 0 Å². The number of halogens is 3. The highest BCUT2D eigenvalue weighted by atomic mass is 32.2.